The number of halogens is 3. The van der Waals surface area contributed by atoms with Crippen LogP contribution in [0.15, 0.2) is 35.4 Å². The fourth-order valence-electron chi connectivity index (χ4n) is 2.08. The number of nitrogens with one attached hydrogen (secondary N) is 2. The van der Waals surface area contributed by atoms with Gasteiger partial charge in [0.15, 0.2) is 11.5 Å². The number of carbonyl (C=O) groups is 2. The van der Waals surface area contributed by atoms with Crippen LogP contribution in [0, 0.1) is 0 Å². The molecule has 2 aromatic rings. The standard InChI is InChI=1S/C18H16Cl3N3O4/c1-2-28-15-6-10(5-14(21)18(15)27)9-22-24-17(26)8-16(25)23-11-3-4-12(19)13(20)7-11/h3-7,9,27H,2,8H2,1H3,(H,23,25)(H,24,26). The Morgan fingerprint density at radius 1 is 1.11 bits per heavy atom. The van der Waals surface area contributed by atoms with Crippen molar-refractivity contribution in [1.29, 1.82) is 0 Å². The molecule has 0 saturated carbocycles. The Hall–Kier alpha value is -2.48. The highest BCUT2D eigenvalue weighted by Crippen LogP contribution is 2.34. The van der Waals surface area contributed by atoms with Crippen molar-refractivity contribution in [3.05, 3.63) is 51.0 Å². The lowest BCUT2D eigenvalue weighted by atomic mass is 10.2. The van der Waals surface area contributed by atoms with E-state index in [1.54, 1.807) is 13.0 Å². The first kappa shape index (κ1) is 21.8. The number of nitrogens with zero attached hydrogens (tertiary/aromatic N) is 1. The van der Waals surface area contributed by atoms with Gasteiger partial charge in [0.1, 0.15) is 6.42 Å². The van der Waals surface area contributed by atoms with Crippen LogP contribution in [0.25, 0.3) is 0 Å². The van der Waals surface area contributed by atoms with Crippen molar-refractivity contribution in [2.75, 3.05) is 11.9 Å². The first-order valence-electron chi connectivity index (χ1n) is 8.02. The first-order valence-corrected chi connectivity index (χ1v) is 9.15. The van der Waals surface area contributed by atoms with E-state index in [9.17, 15) is 14.7 Å². The van der Waals surface area contributed by atoms with Crippen LogP contribution in [0.1, 0.15) is 18.9 Å². The minimum absolute atomic E-state index is 0.0831. The van der Waals surface area contributed by atoms with E-state index in [1.807, 2.05) is 0 Å². The van der Waals surface area contributed by atoms with Crippen molar-refractivity contribution >= 4 is 58.5 Å². The molecule has 2 amide bonds. The number of benzene rings is 2. The predicted octanol–water partition coefficient (Wildman–Crippen LogP) is 4.23. The average Bonchev–Trinajstić information content (AvgIpc) is 2.62. The van der Waals surface area contributed by atoms with E-state index in [4.69, 9.17) is 39.5 Å². The monoisotopic (exact) mass is 443 g/mol. The molecule has 0 aromatic heterocycles. The SMILES string of the molecule is CCOc1cc(C=NNC(=O)CC(=O)Nc2ccc(Cl)c(Cl)c2)cc(Cl)c1O. The maximum atomic E-state index is 11.9. The summed E-state index contributed by atoms with van der Waals surface area (Å²) in [5, 5.41) is 16.8. The maximum absolute atomic E-state index is 11.9. The Labute approximate surface area is 176 Å². The summed E-state index contributed by atoms with van der Waals surface area (Å²) in [6, 6.07) is 7.53. The third-order valence-electron chi connectivity index (χ3n) is 3.28. The van der Waals surface area contributed by atoms with Crippen molar-refractivity contribution in [2.24, 2.45) is 5.10 Å². The van der Waals surface area contributed by atoms with Gasteiger partial charge in [0.05, 0.1) is 27.9 Å². The fraction of sp³-hybridized carbons (Fsp3) is 0.167. The van der Waals surface area contributed by atoms with Gasteiger partial charge in [0, 0.05) is 5.69 Å². The summed E-state index contributed by atoms with van der Waals surface area (Å²) < 4.78 is 5.26. The number of hydrogen-bond acceptors (Lipinski definition) is 5. The summed E-state index contributed by atoms with van der Waals surface area (Å²) in [4.78, 5) is 23.7. The van der Waals surface area contributed by atoms with E-state index < -0.39 is 18.2 Å². The molecule has 0 aliphatic carbocycles. The zero-order chi connectivity index (χ0) is 20.7. The lowest BCUT2D eigenvalue weighted by Crippen LogP contribution is -2.24. The number of ether oxygens (including phenoxy) is 1. The maximum Gasteiger partial charge on any atom is 0.249 e. The molecule has 3 N–H and O–H groups in total. The van der Waals surface area contributed by atoms with E-state index in [1.165, 1.54) is 30.5 Å². The quantitative estimate of drug-likeness (QED) is 0.338. The van der Waals surface area contributed by atoms with Gasteiger partial charge in [-0.2, -0.15) is 5.10 Å². The molecule has 0 spiro atoms. The Bertz CT molecular complexity index is 919. The van der Waals surface area contributed by atoms with Crippen LogP contribution in [0.3, 0.4) is 0 Å². The number of aromatic hydroxyl groups is 1. The van der Waals surface area contributed by atoms with E-state index in [0.717, 1.165) is 0 Å². The summed E-state index contributed by atoms with van der Waals surface area (Å²) in [6.45, 7) is 2.10. The molecule has 7 nitrogen and oxygen atoms in total. The first-order chi connectivity index (χ1) is 13.3. The molecule has 28 heavy (non-hydrogen) atoms. The number of rotatable bonds is 7. The molecule has 0 bridgehead atoms. The number of amides is 2. The Morgan fingerprint density at radius 2 is 1.86 bits per heavy atom. The second kappa shape index (κ2) is 10.2. The summed E-state index contributed by atoms with van der Waals surface area (Å²) in [5.41, 5.74) is 3.14. The van der Waals surface area contributed by atoms with Crippen LogP contribution in [0.4, 0.5) is 5.69 Å². The van der Waals surface area contributed by atoms with E-state index in [0.29, 0.717) is 22.9 Å². The van der Waals surface area contributed by atoms with E-state index in [2.05, 4.69) is 15.8 Å². The third kappa shape index (κ3) is 6.30. The van der Waals surface area contributed by atoms with Crippen LogP contribution >= 0.6 is 34.8 Å². The fourth-order valence-corrected chi connectivity index (χ4v) is 2.59. The normalized spacial score (nSPS) is 10.7. The zero-order valence-electron chi connectivity index (χ0n) is 14.6. The van der Waals surface area contributed by atoms with E-state index >= 15 is 0 Å². The molecule has 0 heterocycles. The Balaban J connectivity index is 1.91. The molecule has 0 unspecified atom stereocenters. The minimum Gasteiger partial charge on any atom is -0.503 e. The Morgan fingerprint density at radius 3 is 2.54 bits per heavy atom. The van der Waals surface area contributed by atoms with Gasteiger partial charge < -0.3 is 15.2 Å². The lowest BCUT2D eigenvalue weighted by Gasteiger charge is -2.08. The lowest BCUT2D eigenvalue weighted by molar-refractivity contribution is -0.126. The zero-order valence-corrected chi connectivity index (χ0v) is 16.9. The van der Waals surface area contributed by atoms with Gasteiger partial charge in [0.25, 0.3) is 0 Å². The van der Waals surface area contributed by atoms with Crippen molar-refractivity contribution in [1.82, 2.24) is 5.43 Å². The van der Waals surface area contributed by atoms with Crippen LogP contribution in [0.2, 0.25) is 15.1 Å². The van der Waals surface area contributed by atoms with Gasteiger partial charge in [-0.25, -0.2) is 5.43 Å². The second-order valence-electron chi connectivity index (χ2n) is 5.43. The summed E-state index contributed by atoms with van der Waals surface area (Å²) in [6.07, 6.45) is 0.862. The van der Waals surface area contributed by atoms with E-state index in [-0.39, 0.29) is 21.5 Å². The highest BCUT2D eigenvalue weighted by Gasteiger charge is 2.11. The van der Waals surface area contributed by atoms with Crippen molar-refractivity contribution in [2.45, 2.75) is 13.3 Å². The molecule has 2 aromatic carbocycles. The molecule has 10 heteroatoms. The van der Waals surface area contributed by atoms with Crippen LogP contribution in [-0.2, 0) is 9.59 Å². The van der Waals surface area contributed by atoms with Gasteiger partial charge in [-0.1, -0.05) is 34.8 Å². The van der Waals surface area contributed by atoms with Crippen molar-refractivity contribution in [3.8, 4) is 11.5 Å². The number of phenols is 1. The summed E-state index contributed by atoms with van der Waals surface area (Å²) in [7, 11) is 0. The number of anilines is 1. The van der Waals surface area contributed by atoms with Crippen LogP contribution in [0.5, 0.6) is 11.5 Å². The molecule has 0 saturated heterocycles. The van der Waals surface area contributed by atoms with Gasteiger partial charge in [-0.05, 0) is 42.8 Å². The summed E-state index contributed by atoms with van der Waals surface area (Å²) >= 11 is 17.6. The van der Waals surface area contributed by atoms with Gasteiger partial charge >= 0.3 is 0 Å². The highest BCUT2D eigenvalue weighted by atomic mass is 35.5. The Kier molecular flexibility index (Phi) is 7.92. The molecule has 2 rings (SSSR count). The van der Waals surface area contributed by atoms with Crippen molar-refractivity contribution in [3.63, 3.8) is 0 Å². The number of hydrogen-bond donors (Lipinski definition) is 3. The van der Waals surface area contributed by atoms with Gasteiger partial charge in [0.2, 0.25) is 11.8 Å². The second-order valence-corrected chi connectivity index (χ2v) is 6.65. The molecular formula is C18H16Cl3N3O4. The third-order valence-corrected chi connectivity index (χ3v) is 4.31. The largest absolute Gasteiger partial charge is 0.503 e. The number of hydrazone groups is 1. The summed E-state index contributed by atoms with van der Waals surface area (Å²) in [5.74, 6) is -1.14. The molecule has 148 valence electrons. The smallest absolute Gasteiger partial charge is 0.249 e. The van der Waals surface area contributed by atoms with Crippen molar-refractivity contribution < 1.29 is 19.4 Å². The molecule has 0 aliphatic rings. The highest BCUT2D eigenvalue weighted by molar-refractivity contribution is 6.42. The molecular weight excluding hydrogens is 429 g/mol. The van der Waals surface area contributed by atoms with Crippen LogP contribution in [-0.4, -0.2) is 29.7 Å². The van der Waals surface area contributed by atoms with Gasteiger partial charge in [-0.3, -0.25) is 9.59 Å². The van der Waals surface area contributed by atoms with Gasteiger partial charge in [-0.15, -0.1) is 0 Å². The molecule has 0 atom stereocenters. The number of phenolic OH excluding ortho intramolecular Hbond substituents is 1. The van der Waals surface area contributed by atoms with Crippen LogP contribution < -0.4 is 15.5 Å². The average molecular weight is 445 g/mol. The topological polar surface area (TPSA) is 100 Å². The minimum atomic E-state index is -0.622. The molecule has 0 fully saturated rings. The molecule has 0 aliphatic heterocycles. The molecule has 0 radical (unpaired) electrons. The predicted molar refractivity (Wildman–Crippen MR) is 110 cm³/mol. The number of carbonyl (C=O) groups excluding carboxylic acids is 2.